The Bertz CT molecular complexity index is 746. The number of aromatic nitrogens is 2. The summed E-state index contributed by atoms with van der Waals surface area (Å²) in [5.74, 6) is 1.53. The molecule has 0 spiro atoms. The predicted molar refractivity (Wildman–Crippen MR) is 93.2 cm³/mol. The van der Waals surface area contributed by atoms with E-state index in [0.717, 1.165) is 28.3 Å². The molecule has 5 heteroatoms. The molecule has 0 atom stereocenters. The topological polar surface area (TPSA) is 49.8 Å². The molecule has 0 saturated carbocycles. The van der Waals surface area contributed by atoms with Gasteiger partial charge < -0.3 is 10.6 Å². The van der Waals surface area contributed by atoms with E-state index in [2.05, 4.69) is 48.7 Å². The summed E-state index contributed by atoms with van der Waals surface area (Å²) in [5, 5.41) is 6.57. The van der Waals surface area contributed by atoms with Crippen molar-refractivity contribution in [1.82, 2.24) is 9.97 Å². The first kappa shape index (κ1) is 14.5. The second-order valence-corrected chi connectivity index (χ2v) is 5.59. The second-order valence-electron chi connectivity index (χ2n) is 4.73. The van der Waals surface area contributed by atoms with E-state index in [9.17, 15) is 0 Å². The lowest BCUT2D eigenvalue weighted by Crippen LogP contribution is -2.03. The molecule has 0 aliphatic carbocycles. The highest BCUT2D eigenvalue weighted by Crippen LogP contribution is 2.24. The van der Waals surface area contributed by atoms with Crippen LogP contribution in [0.2, 0.25) is 0 Å². The summed E-state index contributed by atoms with van der Waals surface area (Å²) < 4.78 is 0.993. The molecule has 2 N–H and O–H groups in total. The normalized spacial score (nSPS) is 10.2. The Hall–Kier alpha value is -2.40. The van der Waals surface area contributed by atoms with Crippen LogP contribution in [0.1, 0.15) is 5.56 Å². The average Bonchev–Trinajstić information content (AvgIpc) is 2.57. The third-order valence-electron chi connectivity index (χ3n) is 3.12. The first-order valence-corrected chi connectivity index (χ1v) is 7.72. The summed E-state index contributed by atoms with van der Waals surface area (Å²) in [5.41, 5.74) is 2.18. The number of nitrogens with one attached hydrogen (secondary N) is 2. The lowest BCUT2D eigenvalue weighted by Gasteiger charge is -2.09. The summed E-state index contributed by atoms with van der Waals surface area (Å²) in [6.45, 7) is 0.728. The van der Waals surface area contributed by atoms with Gasteiger partial charge in [0.25, 0.3) is 0 Å². The van der Waals surface area contributed by atoms with Crippen molar-refractivity contribution in [3.8, 4) is 0 Å². The van der Waals surface area contributed by atoms with E-state index in [1.165, 1.54) is 5.56 Å². The summed E-state index contributed by atoms with van der Waals surface area (Å²) >= 11 is 3.51. The van der Waals surface area contributed by atoms with Gasteiger partial charge in [-0.15, -0.1) is 0 Å². The number of hydrogen-bond acceptors (Lipinski definition) is 4. The van der Waals surface area contributed by atoms with Crippen molar-refractivity contribution < 1.29 is 0 Å². The molecule has 2 aromatic carbocycles. The van der Waals surface area contributed by atoms with Crippen molar-refractivity contribution in [3.05, 3.63) is 77.0 Å². The fourth-order valence-corrected chi connectivity index (χ4v) is 2.40. The lowest BCUT2D eigenvalue weighted by atomic mass is 10.2. The van der Waals surface area contributed by atoms with Crippen LogP contribution in [0.15, 0.2) is 71.5 Å². The second kappa shape index (κ2) is 7.04. The molecular weight excluding hydrogens is 340 g/mol. The third-order valence-corrected chi connectivity index (χ3v) is 3.81. The number of anilines is 3. The maximum atomic E-state index is 4.25. The number of benzene rings is 2. The number of hydrogen-bond donors (Lipinski definition) is 2. The number of nitrogens with zero attached hydrogens (tertiary/aromatic N) is 2. The molecule has 0 amide bonds. The quantitative estimate of drug-likeness (QED) is 0.703. The minimum atomic E-state index is 0.728. The molecule has 110 valence electrons. The molecule has 3 rings (SSSR count). The van der Waals surface area contributed by atoms with Crippen LogP contribution < -0.4 is 10.6 Å². The molecule has 3 aromatic rings. The molecule has 0 radical (unpaired) electrons. The van der Waals surface area contributed by atoms with Crippen LogP contribution in [0.4, 0.5) is 17.3 Å². The summed E-state index contributed by atoms with van der Waals surface area (Å²) in [6, 6.07) is 20.0. The van der Waals surface area contributed by atoms with E-state index in [0.29, 0.717) is 0 Å². The van der Waals surface area contributed by atoms with E-state index in [1.807, 2.05) is 48.5 Å². The Balaban J connectivity index is 1.69. The minimum Gasteiger partial charge on any atom is -0.366 e. The lowest BCUT2D eigenvalue weighted by molar-refractivity contribution is 1.08. The molecular formula is C17H15BrN4. The van der Waals surface area contributed by atoms with Crippen LogP contribution in [-0.2, 0) is 6.54 Å². The van der Waals surface area contributed by atoms with Gasteiger partial charge in [-0.3, -0.25) is 0 Å². The molecule has 0 saturated heterocycles. The van der Waals surface area contributed by atoms with Gasteiger partial charge in [-0.2, -0.15) is 0 Å². The maximum absolute atomic E-state index is 4.25. The summed E-state index contributed by atoms with van der Waals surface area (Å²) in [4.78, 5) is 8.49. The first-order valence-electron chi connectivity index (χ1n) is 6.93. The molecule has 0 bridgehead atoms. The van der Waals surface area contributed by atoms with Gasteiger partial charge in [-0.1, -0.05) is 42.5 Å². The molecule has 4 nitrogen and oxygen atoms in total. The van der Waals surface area contributed by atoms with E-state index < -0.39 is 0 Å². The number of rotatable bonds is 5. The van der Waals surface area contributed by atoms with Crippen molar-refractivity contribution in [2.45, 2.75) is 6.54 Å². The van der Waals surface area contributed by atoms with Gasteiger partial charge in [0.2, 0.25) is 0 Å². The Morgan fingerprint density at radius 1 is 0.864 bits per heavy atom. The Labute approximate surface area is 137 Å². The fraction of sp³-hybridized carbons (Fsp3) is 0.0588. The molecule has 0 aliphatic rings. The zero-order valence-electron chi connectivity index (χ0n) is 11.8. The number of halogens is 1. The Kier molecular flexibility index (Phi) is 4.65. The van der Waals surface area contributed by atoms with Crippen LogP contribution in [0.25, 0.3) is 0 Å². The molecule has 0 fully saturated rings. The van der Waals surface area contributed by atoms with E-state index in [4.69, 9.17) is 0 Å². The zero-order valence-corrected chi connectivity index (χ0v) is 13.4. The first-order chi connectivity index (χ1) is 10.8. The minimum absolute atomic E-state index is 0.728. The standard InChI is InChI=1S/C17H15BrN4/c18-14-8-4-5-9-15(14)22-17-10-16(20-12-21-17)19-11-13-6-2-1-3-7-13/h1-10,12H,11H2,(H2,19,20,21,22). The monoisotopic (exact) mass is 354 g/mol. The van der Waals surface area contributed by atoms with Gasteiger partial charge in [-0.05, 0) is 33.6 Å². The SMILES string of the molecule is Brc1ccccc1Nc1cc(NCc2ccccc2)ncn1. The fourth-order valence-electron chi connectivity index (χ4n) is 2.01. The highest BCUT2D eigenvalue weighted by molar-refractivity contribution is 9.10. The maximum Gasteiger partial charge on any atom is 0.135 e. The van der Waals surface area contributed by atoms with Gasteiger partial charge in [0.15, 0.2) is 0 Å². The van der Waals surface area contributed by atoms with Gasteiger partial charge in [-0.25, -0.2) is 9.97 Å². The van der Waals surface area contributed by atoms with Gasteiger partial charge in [0.1, 0.15) is 18.0 Å². The van der Waals surface area contributed by atoms with E-state index in [1.54, 1.807) is 6.33 Å². The van der Waals surface area contributed by atoms with Crippen LogP contribution in [0, 0.1) is 0 Å². The Morgan fingerprint density at radius 2 is 1.59 bits per heavy atom. The highest BCUT2D eigenvalue weighted by Gasteiger charge is 2.02. The van der Waals surface area contributed by atoms with Gasteiger partial charge in [0, 0.05) is 17.1 Å². The van der Waals surface area contributed by atoms with Crippen molar-refractivity contribution in [2.75, 3.05) is 10.6 Å². The van der Waals surface area contributed by atoms with Gasteiger partial charge in [0.05, 0.1) is 5.69 Å². The molecule has 1 aromatic heterocycles. The van der Waals surface area contributed by atoms with E-state index in [-0.39, 0.29) is 0 Å². The van der Waals surface area contributed by atoms with Crippen LogP contribution in [-0.4, -0.2) is 9.97 Å². The van der Waals surface area contributed by atoms with E-state index >= 15 is 0 Å². The van der Waals surface area contributed by atoms with Crippen LogP contribution in [0.5, 0.6) is 0 Å². The molecule has 1 heterocycles. The van der Waals surface area contributed by atoms with Crippen LogP contribution >= 0.6 is 15.9 Å². The third kappa shape index (κ3) is 3.83. The molecule has 0 unspecified atom stereocenters. The zero-order chi connectivity index (χ0) is 15.2. The molecule has 22 heavy (non-hydrogen) atoms. The molecule has 0 aliphatic heterocycles. The van der Waals surface area contributed by atoms with Crippen molar-refractivity contribution >= 4 is 33.3 Å². The van der Waals surface area contributed by atoms with Crippen molar-refractivity contribution in [3.63, 3.8) is 0 Å². The Morgan fingerprint density at radius 3 is 2.41 bits per heavy atom. The summed E-state index contributed by atoms with van der Waals surface area (Å²) in [6.07, 6.45) is 1.55. The highest BCUT2D eigenvalue weighted by atomic mass is 79.9. The smallest absolute Gasteiger partial charge is 0.135 e. The van der Waals surface area contributed by atoms with Crippen LogP contribution in [0.3, 0.4) is 0 Å². The largest absolute Gasteiger partial charge is 0.366 e. The summed E-state index contributed by atoms with van der Waals surface area (Å²) in [7, 11) is 0. The van der Waals surface area contributed by atoms with Crippen molar-refractivity contribution in [2.24, 2.45) is 0 Å². The number of para-hydroxylation sites is 1. The van der Waals surface area contributed by atoms with Gasteiger partial charge >= 0.3 is 0 Å². The van der Waals surface area contributed by atoms with Crippen molar-refractivity contribution in [1.29, 1.82) is 0 Å². The predicted octanol–water partition coefficient (Wildman–Crippen LogP) is 4.59. The average molecular weight is 355 g/mol.